The predicted octanol–water partition coefficient (Wildman–Crippen LogP) is 1.88. The predicted molar refractivity (Wildman–Crippen MR) is 68.9 cm³/mol. The highest BCUT2D eigenvalue weighted by molar-refractivity contribution is 5.94. The lowest BCUT2D eigenvalue weighted by atomic mass is 9.92. The summed E-state index contributed by atoms with van der Waals surface area (Å²) in [5.74, 6) is -0.203. The van der Waals surface area contributed by atoms with Gasteiger partial charge < -0.3 is 5.32 Å². The molecular weight excluding hydrogens is 232 g/mol. The monoisotopic (exact) mass is 250 g/mol. The van der Waals surface area contributed by atoms with E-state index >= 15 is 0 Å². The lowest BCUT2D eigenvalue weighted by Gasteiger charge is -2.23. The van der Waals surface area contributed by atoms with Crippen molar-refractivity contribution >= 4 is 11.7 Å². The van der Waals surface area contributed by atoms with Crippen molar-refractivity contribution in [1.82, 2.24) is 5.32 Å². The smallest absolute Gasteiger partial charge is 0.222 e. The molecule has 0 aromatic carbocycles. The summed E-state index contributed by atoms with van der Waals surface area (Å²) < 4.78 is 0. The molecule has 1 aliphatic rings. The Labute approximate surface area is 106 Å². The summed E-state index contributed by atoms with van der Waals surface area (Å²) in [6, 6.07) is -0.694. The van der Waals surface area contributed by atoms with E-state index in [1.165, 1.54) is 6.92 Å². The van der Waals surface area contributed by atoms with Crippen molar-refractivity contribution in [2.24, 2.45) is 5.18 Å². The van der Waals surface area contributed by atoms with Crippen molar-refractivity contribution in [3.8, 4) is 0 Å². The third-order valence-corrected chi connectivity index (χ3v) is 2.97. The third-order valence-electron chi connectivity index (χ3n) is 2.97. The van der Waals surface area contributed by atoms with Crippen LogP contribution in [0.25, 0.3) is 0 Å². The number of Topliss-reactive ketones (excluding diaryl/α,β-unsaturated/α-hetero) is 1. The first-order valence-electron chi connectivity index (χ1n) is 5.94. The van der Waals surface area contributed by atoms with Gasteiger partial charge in [-0.3, -0.25) is 9.59 Å². The van der Waals surface area contributed by atoms with E-state index in [9.17, 15) is 14.5 Å². The van der Waals surface area contributed by atoms with E-state index in [0.29, 0.717) is 12.0 Å². The Bertz CT molecular complexity index is 424. The fourth-order valence-electron chi connectivity index (χ4n) is 1.78. The zero-order valence-corrected chi connectivity index (χ0v) is 10.9. The van der Waals surface area contributed by atoms with Crippen LogP contribution in [0, 0.1) is 4.91 Å². The first kappa shape index (κ1) is 14.3. The molecule has 2 atom stereocenters. The average Bonchev–Trinajstić information content (AvgIpc) is 2.31. The fraction of sp³-hybridized carbons (Fsp3) is 0.538. The maximum atomic E-state index is 11.7. The van der Waals surface area contributed by atoms with Gasteiger partial charge in [-0.05, 0) is 32.8 Å². The number of hydrogen-bond donors (Lipinski definition) is 1. The summed E-state index contributed by atoms with van der Waals surface area (Å²) >= 11 is 0. The summed E-state index contributed by atoms with van der Waals surface area (Å²) in [6.07, 6.45) is 4.21. The molecule has 0 saturated heterocycles. The minimum atomic E-state index is -0.527. The molecule has 2 unspecified atom stereocenters. The van der Waals surface area contributed by atoms with Gasteiger partial charge in [0.15, 0.2) is 5.78 Å². The maximum absolute atomic E-state index is 11.7. The van der Waals surface area contributed by atoms with Crippen LogP contribution in [0.5, 0.6) is 0 Å². The molecule has 0 aromatic rings. The Kier molecular flexibility index (Phi) is 4.95. The van der Waals surface area contributed by atoms with Gasteiger partial charge in [-0.25, -0.2) is 0 Å². The number of nitroso groups, excluding NO2 is 1. The van der Waals surface area contributed by atoms with Gasteiger partial charge in [0.2, 0.25) is 5.91 Å². The van der Waals surface area contributed by atoms with E-state index in [4.69, 9.17) is 0 Å². The molecule has 1 aliphatic carbocycles. The van der Waals surface area contributed by atoms with Crippen molar-refractivity contribution in [2.45, 2.75) is 45.7 Å². The molecule has 0 bridgehead atoms. The number of nitrogens with zero attached hydrogens (tertiary/aromatic N) is 1. The van der Waals surface area contributed by atoms with E-state index in [1.807, 2.05) is 13.0 Å². The summed E-state index contributed by atoms with van der Waals surface area (Å²) in [7, 11) is 0. The zero-order chi connectivity index (χ0) is 13.7. The molecule has 1 amide bonds. The zero-order valence-electron chi connectivity index (χ0n) is 10.9. The minimum Gasteiger partial charge on any atom is -0.349 e. The fourth-order valence-corrected chi connectivity index (χ4v) is 1.78. The number of ketones is 1. The molecule has 0 spiro atoms. The number of amides is 1. The van der Waals surface area contributed by atoms with E-state index in [1.54, 1.807) is 13.0 Å². The molecular formula is C13H18N2O3. The normalized spacial score (nSPS) is 20.5. The molecule has 0 aliphatic heterocycles. The highest BCUT2D eigenvalue weighted by atomic mass is 16.3. The maximum Gasteiger partial charge on any atom is 0.222 e. The molecule has 1 N–H and O–H groups in total. The van der Waals surface area contributed by atoms with Gasteiger partial charge in [0, 0.05) is 0 Å². The number of carbonyl (C=O) groups is 2. The quantitative estimate of drug-likeness (QED) is 0.757. The highest BCUT2D eigenvalue weighted by Crippen LogP contribution is 2.19. The molecule has 0 heterocycles. The number of rotatable bonds is 5. The van der Waals surface area contributed by atoms with Crippen LogP contribution in [-0.4, -0.2) is 23.8 Å². The Morgan fingerprint density at radius 1 is 1.50 bits per heavy atom. The van der Waals surface area contributed by atoms with Crippen molar-refractivity contribution in [3.05, 3.63) is 28.2 Å². The second kappa shape index (κ2) is 6.23. The van der Waals surface area contributed by atoms with Crippen LogP contribution >= 0.6 is 0 Å². The summed E-state index contributed by atoms with van der Waals surface area (Å²) in [5, 5.41) is 5.61. The SMILES string of the molecule is CC(=O)C1=CC=C(C)C(NC(=O)CC(C)N=O)C1. The molecule has 1 rings (SSSR count). The lowest BCUT2D eigenvalue weighted by Crippen LogP contribution is -2.38. The second-order valence-corrected chi connectivity index (χ2v) is 4.64. The van der Waals surface area contributed by atoms with Gasteiger partial charge in [-0.2, -0.15) is 4.91 Å². The van der Waals surface area contributed by atoms with Gasteiger partial charge in [0.05, 0.1) is 18.5 Å². The van der Waals surface area contributed by atoms with Gasteiger partial charge in [0.1, 0.15) is 0 Å². The minimum absolute atomic E-state index is 0.0147. The second-order valence-electron chi connectivity index (χ2n) is 4.64. The van der Waals surface area contributed by atoms with Crippen LogP contribution < -0.4 is 5.32 Å². The van der Waals surface area contributed by atoms with E-state index in [0.717, 1.165) is 5.57 Å². The van der Waals surface area contributed by atoms with Crippen molar-refractivity contribution < 1.29 is 9.59 Å². The van der Waals surface area contributed by atoms with Crippen LogP contribution in [0.15, 0.2) is 28.5 Å². The molecule has 5 heteroatoms. The standard InChI is InChI=1S/C13H18N2O3/c1-8-4-5-11(10(3)16)7-12(8)14-13(17)6-9(2)15-18/h4-5,9,12H,6-7H2,1-3H3,(H,14,17). The Hall–Kier alpha value is -1.78. The van der Waals surface area contributed by atoms with Crippen molar-refractivity contribution in [3.63, 3.8) is 0 Å². The first-order valence-corrected chi connectivity index (χ1v) is 5.94. The molecule has 5 nitrogen and oxygen atoms in total. The van der Waals surface area contributed by atoms with Crippen molar-refractivity contribution in [2.75, 3.05) is 0 Å². The average molecular weight is 250 g/mol. The van der Waals surface area contributed by atoms with Gasteiger partial charge >= 0.3 is 0 Å². The van der Waals surface area contributed by atoms with Crippen LogP contribution in [0.4, 0.5) is 0 Å². The van der Waals surface area contributed by atoms with Crippen molar-refractivity contribution in [1.29, 1.82) is 0 Å². The first-order chi connectivity index (χ1) is 8.43. The molecule has 18 heavy (non-hydrogen) atoms. The van der Waals surface area contributed by atoms with Crippen LogP contribution in [-0.2, 0) is 9.59 Å². The summed E-state index contributed by atoms with van der Waals surface area (Å²) in [6.45, 7) is 5.01. The van der Waals surface area contributed by atoms with Gasteiger partial charge in [-0.15, -0.1) is 0 Å². The Balaban J connectivity index is 2.61. The molecule has 0 saturated carbocycles. The lowest BCUT2D eigenvalue weighted by molar-refractivity contribution is -0.122. The van der Waals surface area contributed by atoms with Crippen LogP contribution in [0.1, 0.15) is 33.6 Å². The Morgan fingerprint density at radius 3 is 2.72 bits per heavy atom. The van der Waals surface area contributed by atoms with E-state index < -0.39 is 6.04 Å². The number of hydrogen-bond acceptors (Lipinski definition) is 4. The van der Waals surface area contributed by atoms with E-state index in [-0.39, 0.29) is 24.2 Å². The summed E-state index contributed by atoms with van der Waals surface area (Å²) in [5.41, 5.74) is 1.70. The van der Waals surface area contributed by atoms with Gasteiger partial charge in [0.25, 0.3) is 0 Å². The number of allylic oxidation sites excluding steroid dienone is 2. The van der Waals surface area contributed by atoms with Crippen LogP contribution in [0.2, 0.25) is 0 Å². The topological polar surface area (TPSA) is 75.6 Å². The molecule has 0 fully saturated rings. The highest BCUT2D eigenvalue weighted by Gasteiger charge is 2.21. The third kappa shape index (κ3) is 3.91. The largest absolute Gasteiger partial charge is 0.349 e. The molecule has 98 valence electrons. The van der Waals surface area contributed by atoms with E-state index in [2.05, 4.69) is 10.5 Å². The van der Waals surface area contributed by atoms with Crippen LogP contribution in [0.3, 0.4) is 0 Å². The Morgan fingerprint density at radius 2 is 2.17 bits per heavy atom. The number of carbonyl (C=O) groups excluding carboxylic acids is 2. The van der Waals surface area contributed by atoms with Gasteiger partial charge in [-0.1, -0.05) is 22.9 Å². The summed E-state index contributed by atoms with van der Waals surface area (Å²) in [4.78, 5) is 33.2. The molecule has 0 radical (unpaired) electrons. The number of nitrogens with one attached hydrogen (secondary N) is 1. The molecule has 0 aromatic heterocycles.